The van der Waals surface area contributed by atoms with Gasteiger partial charge in [-0.25, -0.2) is 0 Å². The van der Waals surface area contributed by atoms with Crippen molar-refractivity contribution in [3.05, 3.63) is 54.1 Å². The standard InChI is InChI=1S/C17H19N5O/c1-2-13-7-3-5-9-15(13)18-16-10-6-4-8-14(16)17-19-21-22(20-17)11-12-23/h3-10,18,23H,2,11-12H2,1H3. The van der Waals surface area contributed by atoms with Crippen molar-refractivity contribution in [3.63, 3.8) is 0 Å². The molecule has 0 bridgehead atoms. The lowest BCUT2D eigenvalue weighted by molar-refractivity contribution is 0.259. The molecule has 0 aliphatic rings. The number of para-hydroxylation sites is 2. The minimum Gasteiger partial charge on any atom is -0.394 e. The summed E-state index contributed by atoms with van der Waals surface area (Å²) in [6.07, 6.45) is 0.955. The lowest BCUT2D eigenvalue weighted by atomic mass is 10.1. The summed E-state index contributed by atoms with van der Waals surface area (Å²) in [6, 6.07) is 16.1. The molecule has 0 fully saturated rings. The van der Waals surface area contributed by atoms with Gasteiger partial charge in [0.15, 0.2) is 0 Å². The molecule has 3 rings (SSSR count). The second-order valence-electron chi connectivity index (χ2n) is 5.11. The smallest absolute Gasteiger partial charge is 0.207 e. The molecule has 1 heterocycles. The minimum atomic E-state index is -0.0143. The monoisotopic (exact) mass is 309 g/mol. The van der Waals surface area contributed by atoms with Crippen LogP contribution in [-0.4, -0.2) is 31.9 Å². The van der Waals surface area contributed by atoms with Gasteiger partial charge >= 0.3 is 0 Å². The summed E-state index contributed by atoms with van der Waals surface area (Å²) >= 11 is 0. The van der Waals surface area contributed by atoms with Crippen LogP contribution in [0.25, 0.3) is 11.4 Å². The largest absolute Gasteiger partial charge is 0.394 e. The van der Waals surface area contributed by atoms with Crippen molar-refractivity contribution >= 4 is 11.4 Å². The van der Waals surface area contributed by atoms with Gasteiger partial charge < -0.3 is 10.4 Å². The maximum atomic E-state index is 8.97. The van der Waals surface area contributed by atoms with Gasteiger partial charge in [0.05, 0.1) is 13.2 Å². The molecule has 0 saturated heterocycles. The summed E-state index contributed by atoms with van der Waals surface area (Å²) in [4.78, 5) is 1.39. The van der Waals surface area contributed by atoms with Crippen LogP contribution in [0, 0.1) is 0 Å². The highest BCUT2D eigenvalue weighted by Gasteiger charge is 2.11. The highest BCUT2D eigenvalue weighted by Crippen LogP contribution is 2.29. The molecule has 2 aromatic carbocycles. The van der Waals surface area contributed by atoms with Crippen LogP contribution in [0.2, 0.25) is 0 Å². The number of hydrogen-bond donors (Lipinski definition) is 2. The van der Waals surface area contributed by atoms with Gasteiger partial charge in [0.25, 0.3) is 0 Å². The first kappa shape index (κ1) is 15.2. The van der Waals surface area contributed by atoms with Gasteiger partial charge in [0.1, 0.15) is 0 Å². The first-order valence-electron chi connectivity index (χ1n) is 7.65. The second-order valence-corrected chi connectivity index (χ2v) is 5.11. The van der Waals surface area contributed by atoms with Gasteiger partial charge in [-0.2, -0.15) is 4.80 Å². The molecule has 6 nitrogen and oxygen atoms in total. The van der Waals surface area contributed by atoms with E-state index in [1.54, 1.807) is 0 Å². The van der Waals surface area contributed by atoms with E-state index in [-0.39, 0.29) is 6.61 Å². The molecular weight excluding hydrogens is 290 g/mol. The SMILES string of the molecule is CCc1ccccc1Nc1ccccc1-c1nnn(CCO)n1. The van der Waals surface area contributed by atoms with E-state index in [1.165, 1.54) is 10.4 Å². The van der Waals surface area contributed by atoms with Crippen molar-refractivity contribution in [1.29, 1.82) is 0 Å². The zero-order valence-electron chi connectivity index (χ0n) is 13.0. The number of tetrazole rings is 1. The summed E-state index contributed by atoms with van der Waals surface area (Å²) in [7, 11) is 0. The summed E-state index contributed by atoms with van der Waals surface area (Å²) in [5.41, 5.74) is 4.13. The normalized spacial score (nSPS) is 10.7. The van der Waals surface area contributed by atoms with Gasteiger partial charge in [-0.1, -0.05) is 37.3 Å². The van der Waals surface area contributed by atoms with Crippen LogP contribution in [0.4, 0.5) is 11.4 Å². The summed E-state index contributed by atoms with van der Waals surface area (Å²) in [5, 5.41) is 24.8. The molecule has 0 aliphatic heterocycles. The van der Waals surface area contributed by atoms with E-state index < -0.39 is 0 Å². The predicted octanol–water partition coefficient (Wildman–Crippen LogP) is 2.64. The number of aliphatic hydroxyl groups excluding tert-OH is 1. The lowest BCUT2D eigenvalue weighted by Crippen LogP contribution is -2.05. The first-order chi connectivity index (χ1) is 11.3. The average molecular weight is 309 g/mol. The molecule has 0 unspecified atom stereocenters. The third-order valence-electron chi connectivity index (χ3n) is 3.59. The molecule has 23 heavy (non-hydrogen) atoms. The molecule has 2 N–H and O–H groups in total. The van der Waals surface area contributed by atoms with Crippen molar-refractivity contribution in [3.8, 4) is 11.4 Å². The van der Waals surface area contributed by atoms with Crippen molar-refractivity contribution in [1.82, 2.24) is 20.2 Å². The van der Waals surface area contributed by atoms with E-state index in [9.17, 15) is 0 Å². The van der Waals surface area contributed by atoms with Crippen LogP contribution in [-0.2, 0) is 13.0 Å². The molecule has 0 radical (unpaired) electrons. The van der Waals surface area contributed by atoms with Gasteiger partial charge in [0, 0.05) is 16.9 Å². The highest BCUT2D eigenvalue weighted by molar-refractivity contribution is 5.78. The Morgan fingerprint density at radius 1 is 1.04 bits per heavy atom. The third kappa shape index (κ3) is 3.37. The van der Waals surface area contributed by atoms with Crippen molar-refractivity contribution in [2.75, 3.05) is 11.9 Å². The Morgan fingerprint density at radius 3 is 2.57 bits per heavy atom. The van der Waals surface area contributed by atoms with Crippen molar-refractivity contribution in [2.45, 2.75) is 19.9 Å². The van der Waals surface area contributed by atoms with Gasteiger partial charge in [-0.15, -0.1) is 10.2 Å². The molecule has 3 aromatic rings. The number of aromatic nitrogens is 4. The topological polar surface area (TPSA) is 75.9 Å². The Labute approximate surface area is 134 Å². The second kappa shape index (κ2) is 7.02. The van der Waals surface area contributed by atoms with Crippen LogP contribution in [0.5, 0.6) is 0 Å². The highest BCUT2D eigenvalue weighted by atomic mass is 16.3. The minimum absolute atomic E-state index is 0.0143. The number of anilines is 2. The number of aryl methyl sites for hydroxylation is 1. The summed E-state index contributed by atoms with van der Waals surface area (Å²) in [5.74, 6) is 0.538. The Kier molecular flexibility index (Phi) is 4.63. The van der Waals surface area contributed by atoms with Gasteiger partial charge in [0.2, 0.25) is 5.82 Å². The van der Waals surface area contributed by atoms with E-state index in [0.29, 0.717) is 12.4 Å². The number of aliphatic hydroxyl groups is 1. The van der Waals surface area contributed by atoms with Crippen LogP contribution in [0.1, 0.15) is 12.5 Å². The molecule has 118 valence electrons. The zero-order chi connectivity index (χ0) is 16.1. The lowest BCUT2D eigenvalue weighted by Gasteiger charge is -2.13. The maximum Gasteiger partial charge on any atom is 0.207 e. The molecule has 0 amide bonds. The first-order valence-corrected chi connectivity index (χ1v) is 7.65. The fourth-order valence-corrected chi connectivity index (χ4v) is 2.42. The van der Waals surface area contributed by atoms with E-state index in [1.807, 2.05) is 36.4 Å². The molecule has 0 atom stereocenters. The Morgan fingerprint density at radius 2 is 1.78 bits per heavy atom. The third-order valence-corrected chi connectivity index (χ3v) is 3.59. The van der Waals surface area contributed by atoms with Crippen LogP contribution >= 0.6 is 0 Å². The quantitative estimate of drug-likeness (QED) is 0.732. The number of rotatable bonds is 6. The number of nitrogens with one attached hydrogen (secondary N) is 1. The molecule has 0 aliphatic carbocycles. The van der Waals surface area contributed by atoms with Crippen molar-refractivity contribution < 1.29 is 5.11 Å². The van der Waals surface area contributed by atoms with Crippen molar-refractivity contribution in [2.24, 2.45) is 0 Å². The van der Waals surface area contributed by atoms with Crippen LogP contribution < -0.4 is 5.32 Å². The van der Waals surface area contributed by atoms with E-state index >= 15 is 0 Å². The van der Waals surface area contributed by atoms with E-state index in [2.05, 4.69) is 39.8 Å². The molecule has 0 spiro atoms. The fourth-order valence-electron chi connectivity index (χ4n) is 2.42. The predicted molar refractivity (Wildman–Crippen MR) is 89.4 cm³/mol. The zero-order valence-corrected chi connectivity index (χ0v) is 13.0. The number of benzene rings is 2. The average Bonchev–Trinajstić information content (AvgIpc) is 3.05. The maximum absolute atomic E-state index is 8.97. The molecule has 1 aromatic heterocycles. The molecular formula is C17H19N5O. The number of nitrogens with zero attached hydrogens (tertiary/aromatic N) is 4. The molecule has 0 saturated carbocycles. The molecule has 6 heteroatoms. The van der Waals surface area contributed by atoms with Crippen LogP contribution in [0.15, 0.2) is 48.5 Å². The number of hydrogen-bond acceptors (Lipinski definition) is 5. The Hall–Kier alpha value is -2.73. The Balaban J connectivity index is 1.94. The van der Waals surface area contributed by atoms with E-state index in [0.717, 1.165) is 23.4 Å². The van der Waals surface area contributed by atoms with E-state index in [4.69, 9.17) is 5.11 Å². The Bertz CT molecular complexity index is 784. The fraction of sp³-hybridized carbons (Fsp3) is 0.235. The van der Waals surface area contributed by atoms with Gasteiger partial charge in [-0.05, 0) is 35.4 Å². The van der Waals surface area contributed by atoms with Crippen LogP contribution in [0.3, 0.4) is 0 Å². The van der Waals surface area contributed by atoms with Gasteiger partial charge in [-0.3, -0.25) is 0 Å². The summed E-state index contributed by atoms with van der Waals surface area (Å²) in [6.45, 7) is 2.45. The summed E-state index contributed by atoms with van der Waals surface area (Å²) < 4.78 is 0.